The summed E-state index contributed by atoms with van der Waals surface area (Å²) < 4.78 is 14.6. The highest BCUT2D eigenvalue weighted by Gasteiger charge is 2.39. The minimum absolute atomic E-state index is 0.324. The molecule has 0 bridgehead atoms. The fraction of sp³-hybridized carbons (Fsp3) is 1.00. The van der Waals surface area contributed by atoms with Crippen LogP contribution >= 0.6 is 7.82 Å². The van der Waals surface area contributed by atoms with Crippen LogP contribution in [0, 0.1) is 0 Å². The third-order valence-corrected chi connectivity index (χ3v) is 2.66. The summed E-state index contributed by atoms with van der Waals surface area (Å²) in [5.74, 6) is -0.324. The van der Waals surface area contributed by atoms with Crippen LogP contribution < -0.4 is 5.32 Å². The molecule has 82 valence electrons. The van der Waals surface area contributed by atoms with Crippen LogP contribution in [0.3, 0.4) is 0 Å². The van der Waals surface area contributed by atoms with Gasteiger partial charge in [0.05, 0.1) is 24.9 Å². The molecule has 0 aliphatic carbocycles. The molecule has 14 heavy (non-hydrogen) atoms. The number of hydrogen-bond donors (Lipinski definition) is 5. The molecule has 1 rings (SSSR count). The summed E-state index contributed by atoms with van der Waals surface area (Å²) in [5, 5.41) is 21.4. The number of aliphatic hydroxyl groups excluding tert-OH is 2. The van der Waals surface area contributed by atoms with Gasteiger partial charge in [-0.3, -0.25) is 4.52 Å². The van der Waals surface area contributed by atoms with E-state index < -0.39 is 26.1 Å². The lowest BCUT2D eigenvalue weighted by Crippen LogP contribution is -2.37. The first kappa shape index (κ1) is 12.1. The van der Waals surface area contributed by atoms with Crippen molar-refractivity contribution >= 4 is 15.7 Å². The third kappa shape index (κ3) is 3.03. The van der Waals surface area contributed by atoms with E-state index in [2.05, 4.69) is 9.84 Å². The van der Waals surface area contributed by atoms with Crippen molar-refractivity contribution in [3.05, 3.63) is 0 Å². The quantitative estimate of drug-likeness (QED) is 0.252. The molecule has 1 fully saturated rings. The van der Waals surface area contributed by atoms with Crippen molar-refractivity contribution in [2.75, 3.05) is 6.61 Å². The molecule has 5 N–H and O–H groups in total. The number of phosphoric ester groups is 1. The summed E-state index contributed by atoms with van der Waals surface area (Å²) >= 11 is 0. The maximum absolute atomic E-state index is 10.4. The summed E-state index contributed by atoms with van der Waals surface area (Å²) in [6.07, 6.45) is -2.02. The summed E-state index contributed by atoms with van der Waals surface area (Å²) in [6.45, 7) is -0.340. The number of aliphatic hydroxyl groups is 2. The van der Waals surface area contributed by atoms with Gasteiger partial charge in [0.15, 0.2) is 0 Å². The van der Waals surface area contributed by atoms with Crippen molar-refractivity contribution in [1.29, 1.82) is 0 Å². The summed E-state index contributed by atoms with van der Waals surface area (Å²) in [7, 11) is -2.86. The van der Waals surface area contributed by atoms with Crippen LogP contribution in [0.1, 0.15) is 0 Å². The second-order valence-electron chi connectivity index (χ2n) is 3.33. The van der Waals surface area contributed by atoms with Crippen molar-refractivity contribution in [2.24, 2.45) is 0 Å². The van der Waals surface area contributed by atoms with Gasteiger partial charge in [0, 0.05) is 5.94 Å². The third-order valence-electron chi connectivity index (χ3n) is 2.17. The Morgan fingerprint density at radius 3 is 2.29 bits per heavy atom. The molecular weight excluding hydrogens is 212 g/mol. The van der Waals surface area contributed by atoms with E-state index in [1.807, 2.05) is 0 Å². The van der Waals surface area contributed by atoms with E-state index in [4.69, 9.17) is 9.79 Å². The topological polar surface area (TPSA) is 119 Å². The first-order chi connectivity index (χ1) is 6.31. The van der Waals surface area contributed by atoms with Crippen LogP contribution in [0.15, 0.2) is 0 Å². The molecule has 1 aliphatic heterocycles. The molecule has 0 amide bonds. The monoisotopic (exact) mass is 225 g/mol. The van der Waals surface area contributed by atoms with Crippen LogP contribution in [-0.4, -0.2) is 58.6 Å². The van der Waals surface area contributed by atoms with Gasteiger partial charge < -0.3 is 25.3 Å². The van der Waals surface area contributed by atoms with Crippen LogP contribution in [0.2, 0.25) is 0 Å². The zero-order chi connectivity index (χ0) is 10.9. The van der Waals surface area contributed by atoms with Gasteiger partial charge in [-0.2, -0.15) is 0 Å². The molecule has 1 heterocycles. The van der Waals surface area contributed by atoms with Gasteiger partial charge in [0.25, 0.3) is 0 Å². The Bertz CT molecular complexity index is 246. The molecule has 0 aromatic rings. The predicted molar refractivity (Wildman–Crippen MR) is 49.3 cm³/mol. The lowest BCUT2D eigenvalue weighted by atomic mass is 9.92. The molecule has 0 saturated carbocycles. The van der Waals surface area contributed by atoms with Gasteiger partial charge in [-0.25, -0.2) is 4.57 Å². The Morgan fingerprint density at radius 1 is 1.36 bits per heavy atom. The van der Waals surface area contributed by atoms with Crippen molar-refractivity contribution in [1.82, 2.24) is 5.32 Å². The Balaban J connectivity index is 2.44. The van der Waals surface area contributed by atoms with Gasteiger partial charge >= 0.3 is 7.82 Å². The molecule has 0 spiro atoms. The molecule has 0 aromatic heterocycles. The SMILES string of the molecule is B[C@@H]1N[C@H](COP(=O)(O)O)[C@@H](O)[C@H]1O. The Morgan fingerprint density at radius 2 is 1.93 bits per heavy atom. The number of hydrogen-bond acceptors (Lipinski definition) is 5. The minimum atomic E-state index is -4.52. The molecule has 0 aromatic carbocycles. The van der Waals surface area contributed by atoms with Crippen LogP contribution in [0.4, 0.5) is 0 Å². The van der Waals surface area contributed by atoms with E-state index in [1.54, 1.807) is 7.85 Å². The largest absolute Gasteiger partial charge is 0.469 e. The molecular formula is C5H13BNO6P. The summed E-state index contributed by atoms with van der Waals surface area (Å²) in [4.78, 5) is 16.8. The number of nitrogens with one attached hydrogen (secondary N) is 1. The van der Waals surface area contributed by atoms with E-state index in [-0.39, 0.29) is 12.5 Å². The Kier molecular flexibility index (Phi) is 3.71. The zero-order valence-electron chi connectivity index (χ0n) is 7.57. The average molecular weight is 225 g/mol. The standard InChI is InChI=1S/C5H13BNO6P/c6-5-4(9)3(8)2(7-5)1-13-14(10,11)12/h2-5,7-9H,1,6H2,(H2,10,11,12)/t2-,3-,4-,5-/m1/s1. The molecule has 1 aliphatic rings. The lowest BCUT2D eigenvalue weighted by molar-refractivity contribution is 0.0259. The molecule has 0 radical (unpaired) electrons. The second kappa shape index (κ2) is 4.28. The molecule has 1 saturated heterocycles. The van der Waals surface area contributed by atoms with E-state index in [0.29, 0.717) is 0 Å². The number of rotatable bonds is 3. The highest BCUT2D eigenvalue weighted by Crippen LogP contribution is 2.36. The maximum Gasteiger partial charge on any atom is 0.469 e. The fourth-order valence-electron chi connectivity index (χ4n) is 1.39. The van der Waals surface area contributed by atoms with E-state index in [9.17, 15) is 14.8 Å². The van der Waals surface area contributed by atoms with Gasteiger partial charge in [-0.1, -0.05) is 0 Å². The van der Waals surface area contributed by atoms with Crippen molar-refractivity contribution < 1.29 is 29.1 Å². The number of phosphoric acid groups is 1. The average Bonchev–Trinajstić information content (AvgIpc) is 2.28. The Labute approximate surface area is 81.7 Å². The van der Waals surface area contributed by atoms with Crippen LogP contribution in [-0.2, 0) is 9.09 Å². The lowest BCUT2D eigenvalue weighted by Gasteiger charge is -2.15. The van der Waals surface area contributed by atoms with Crippen molar-refractivity contribution in [2.45, 2.75) is 24.2 Å². The first-order valence-corrected chi connectivity index (χ1v) is 5.66. The molecule has 7 nitrogen and oxygen atoms in total. The smallest absolute Gasteiger partial charge is 0.390 e. The molecule has 0 unspecified atom stereocenters. The first-order valence-electron chi connectivity index (χ1n) is 4.13. The van der Waals surface area contributed by atoms with E-state index in [1.165, 1.54) is 0 Å². The molecule has 9 heteroatoms. The molecule has 4 atom stereocenters. The van der Waals surface area contributed by atoms with Gasteiger partial charge in [-0.15, -0.1) is 0 Å². The van der Waals surface area contributed by atoms with Crippen molar-refractivity contribution in [3.63, 3.8) is 0 Å². The maximum atomic E-state index is 10.4. The second-order valence-corrected chi connectivity index (χ2v) is 4.57. The summed E-state index contributed by atoms with van der Waals surface area (Å²) in [6, 6.07) is -0.660. The Hall–Kier alpha value is 0.0549. The minimum Gasteiger partial charge on any atom is -0.390 e. The van der Waals surface area contributed by atoms with Gasteiger partial charge in [0.1, 0.15) is 7.85 Å². The zero-order valence-corrected chi connectivity index (χ0v) is 8.46. The highest BCUT2D eigenvalue weighted by atomic mass is 31.2. The highest BCUT2D eigenvalue weighted by molar-refractivity contribution is 7.46. The van der Waals surface area contributed by atoms with Gasteiger partial charge in [-0.05, 0) is 0 Å². The fourth-order valence-corrected chi connectivity index (χ4v) is 1.75. The predicted octanol–water partition coefficient (Wildman–Crippen LogP) is -3.25. The van der Waals surface area contributed by atoms with Gasteiger partial charge in [0.2, 0.25) is 0 Å². The van der Waals surface area contributed by atoms with Crippen LogP contribution in [0.5, 0.6) is 0 Å². The van der Waals surface area contributed by atoms with Crippen molar-refractivity contribution in [3.8, 4) is 0 Å². The summed E-state index contributed by atoms with van der Waals surface area (Å²) in [5.41, 5.74) is 0. The van der Waals surface area contributed by atoms with Crippen LogP contribution in [0.25, 0.3) is 0 Å². The normalized spacial score (nSPS) is 38.9. The van der Waals surface area contributed by atoms with E-state index in [0.717, 1.165) is 0 Å². The van der Waals surface area contributed by atoms with E-state index >= 15 is 0 Å².